The van der Waals surface area contributed by atoms with Crippen molar-refractivity contribution in [2.24, 2.45) is 51.2 Å². The SMILES string of the molecule is C#C.C#C.C#C.C=C.CC.CC1(C)C(c2ccc(C(=O)O)cc2)=CC[C@@]2(C)C1CC[C@@]1(C)C3CC[C@@]4(C)CCCC4[C@H]3CCC12.O=CNCCN1CCOCC1. The Bertz CT molecular complexity index is 1420. The zero-order valence-electron chi connectivity index (χ0n) is 36.2. The molecule has 0 spiro atoms. The van der Waals surface area contributed by atoms with Gasteiger partial charge in [-0.25, -0.2) is 4.79 Å². The molecule has 4 saturated carbocycles. The number of fused-ring (bicyclic) bond motifs is 7. The zero-order valence-corrected chi connectivity index (χ0v) is 36.2. The molecule has 310 valence electrons. The number of amides is 1. The van der Waals surface area contributed by atoms with Crippen molar-refractivity contribution in [2.45, 2.75) is 113 Å². The quantitative estimate of drug-likeness (QED) is 0.130. The van der Waals surface area contributed by atoms with Crippen LogP contribution in [0.5, 0.6) is 0 Å². The molecule has 6 nitrogen and oxygen atoms in total. The van der Waals surface area contributed by atoms with Crippen LogP contribution in [0.1, 0.15) is 129 Å². The third-order valence-corrected chi connectivity index (χ3v) is 14.7. The number of ether oxygens (including phenoxy) is 1. The number of terminal acetylenes is 3. The molecule has 0 aromatic heterocycles. The van der Waals surface area contributed by atoms with Crippen LogP contribution in [0.25, 0.3) is 5.57 Å². The molecule has 5 aliphatic carbocycles. The van der Waals surface area contributed by atoms with E-state index in [1.54, 1.807) is 12.1 Å². The van der Waals surface area contributed by atoms with Crippen LogP contribution in [0.15, 0.2) is 43.5 Å². The van der Waals surface area contributed by atoms with Gasteiger partial charge in [0.2, 0.25) is 6.41 Å². The normalized spacial score (nSPS) is 32.9. The number of morpholine rings is 1. The van der Waals surface area contributed by atoms with Crippen LogP contribution in [0.3, 0.4) is 0 Å². The Hall–Kier alpha value is -3.76. The van der Waals surface area contributed by atoms with Gasteiger partial charge in [-0.2, -0.15) is 0 Å². The van der Waals surface area contributed by atoms with E-state index in [4.69, 9.17) is 4.74 Å². The number of hydrogen-bond donors (Lipinski definition) is 2. The molecule has 8 atom stereocenters. The van der Waals surface area contributed by atoms with Crippen molar-refractivity contribution < 1.29 is 19.4 Å². The largest absolute Gasteiger partial charge is 0.478 e. The second-order valence-electron chi connectivity index (χ2n) is 17.1. The molecule has 6 heteroatoms. The number of carboxylic acids is 1. The van der Waals surface area contributed by atoms with Crippen LogP contribution in [-0.2, 0) is 9.53 Å². The Labute approximate surface area is 343 Å². The lowest BCUT2D eigenvalue weighted by atomic mass is 9.36. The summed E-state index contributed by atoms with van der Waals surface area (Å²) in [5, 5.41) is 12.0. The van der Waals surface area contributed by atoms with Gasteiger partial charge in [0.05, 0.1) is 18.8 Å². The number of rotatable bonds is 6. The van der Waals surface area contributed by atoms with E-state index in [1.807, 2.05) is 26.0 Å². The number of nitrogens with zero attached hydrogens (tertiary/aromatic N) is 1. The van der Waals surface area contributed by atoms with Crippen LogP contribution < -0.4 is 5.32 Å². The predicted octanol–water partition coefficient (Wildman–Crippen LogP) is 10.5. The zero-order chi connectivity index (χ0) is 42.7. The fourth-order valence-electron chi connectivity index (χ4n) is 12.6. The van der Waals surface area contributed by atoms with E-state index in [1.165, 1.54) is 75.3 Å². The fraction of sp³-hybridized carbons (Fsp3) is 0.640. The minimum Gasteiger partial charge on any atom is -0.478 e. The molecule has 56 heavy (non-hydrogen) atoms. The lowest BCUT2D eigenvalue weighted by Crippen LogP contribution is -2.60. The van der Waals surface area contributed by atoms with E-state index in [0.717, 1.165) is 69.5 Å². The smallest absolute Gasteiger partial charge is 0.335 e. The Morgan fingerprint density at radius 2 is 1.45 bits per heavy atom. The lowest BCUT2D eigenvalue weighted by molar-refractivity contribution is -0.176. The average Bonchev–Trinajstić information content (AvgIpc) is 3.64. The fourth-order valence-corrected chi connectivity index (χ4v) is 12.6. The highest BCUT2D eigenvalue weighted by Crippen LogP contribution is 2.73. The molecule has 1 amide bonds. The average molecular weight is 769 g/mol. The highest BCUT2D eigenvalue weighted by molar-refractivity contribution is 5.88. The number of benzene rings is 1. The third-order valence-electron chi connectivity index (χ3n) is 14.7. The van der Waals surface area contributed by atoms with E-state index in [-0.39, 0.29) is 5.41 Å². The van der Waals surface area contributed by atoms with E-state index in [0.29, 0.717) is 27.7 Å². The molecule has 1 aliphatic heterocycles. The molecule has 1 aromatic carbocycles. The minimum absolute atomic E-state index is 0.104. The van der Waals surface area contributed by atoms with Gasteiger partial charge in [-0.05, 0) is 132 Å². The Balaban J connectivity index is 0.000000628. The highest BCUT2D eigenvalue weighted by atomic mass is 16.5. The maximum absolute atomic E-state index is 11.4. The maximum Gasteiger partial charge on any atom is 0.335 e. The first-order valence-electron chi connectivity index (χ1n) is 21.0. The summed E-state index contributed by atoms with van der Waals surface area (Å²) >= 11 is 0. The first kappa shape index (κ1) is 50.3. The molecule has 7 rings (SSSR count). The van der Waals surface area contributed by atoms with E-state index in [2.05, 4.69) is 103 Å². The number of carbonyl (C=O) groups is 2. The molecule has 2 N–H and O–H groups in total. The summed E-state index contributed by atoms with van der Waals surface area (Å²) in [6.45, 7) is 28.3. The predicted molar refractivity (Wildman–Crippen MR) is 237 cm³/mol. The van der Waals surface area contributed by atoms with Gasteiger partial charge in [0, 0.05) is 26.2 Å². The Morgan fingerprint density at radius 3 is 2.02 bits per heavy atom. The van der Waals surface area contributed by atoms with Crippen molar-refractivity contribution in [3.8, 4) is 38.5 Å². The van der Waals surface area contributed by atoms with Gasteiger partial charge in [0.25, 0.3) is 0 Å². The van der Waals surface area contributed by atoms with Crippen LogP contribution in [0.2, 0.25) is 0 Å². The van der Waals surface area contributed by atoms with Gasteiger partial charge >= 0.3 is 5.97 Å². The van der Waals surface area contributed by atoms with E-state index < -0.39 is 5.97 Å². The second-order valence-corrected chi connectivity index (χ2v) is 17.1. The van der Waals surface area contributed by atoms with Gasteiger partial charge < -0.3 is 15.2 Å². The summed E-state index contributed by atoms with van der Waals surface area (Å²) in [6, 6.07) is 7.64. The molecule has 1 aromatic rings. The van der Waals surface area contributed by atoms with Crippen molar-refractivity contribution in [1.82, 2.24) is 10.2 Å². The number of hydrogen-bond acceptors (Lipinski definition) is 4. The van der Waals surface area contributed by atoms with Gasteiger partial charge in [-0.1, -0.05) is 73.1 Å². The monoisotopic (exact) mass is 769 g/mol. The summed E-state index contributed by atoms with van der Waals surface area (Å²) in [7, 11) is 0. The van der Waals surface area contributed by atoms with Gasteiger partial charge in [-0.15, -0.1) is 51.7 Å². The van der Waals surface area contributed by atoms with Gasteiger partial charge in [0.1, 0.15) is 0 Å². The lowest BCUT2D eigenvalue weighted by Gasteiger charge is -2.68. The van der Waals surface area contributed by atoms with Crippen LogP contribution in [-0.4, -0.2) is 61.8 Å². The molecule has 4 unspecified atom stereocenters. The molecule has 1 heterocycles. The summed E-state index contributed by atoms with van der Waals surface area (Å²) in [4.78, 5) is 23.5. The van der Waals surface area contributed by atoms with Crippen molar-refractivity contribution in [3.63, 3.8) is 0 Å². The number of carbonyl (C=O) groups excluding carboxylic acids is 1. The number of allylic oxidation sites excluding steroid dienone is 2. The second kappa shape index (κ2) is 23.5. The van der Waals surface area contributed by atoms with Crippen molar-refractivity contribution in [3.05, 3.63) is 54.6 Å². The van der Waals surface area contributed by atoms with Crippen molar-refractivity contribution in [1.29, 1.82) is 0 Å². The Morgan fingerprint density at radius 1 is 0.839 bits per heavy atom. The minimum atomic E-state index is -0.844. The standard InChI is InChI=1S/C33H46O2.C7H14N2O2.C2H6.C2H4.3C2H2/c1-30(2)24(21-8-10-22(11-9-21)29(34)35)15-19-33(5)27(30)16-20-32(4)26-14-18-31(3)17-6-7-25(31)23(26)12-13-28(32)33;10-7-8-1-2-9-3-5-11-6-4-9;5*1-2/h8-11,15,23,25-28H,6-7,12-14,16-20H2,1-5H3,(H,34,35);7H,1-6H2,(H,8,10);1-2H3;1-2H2;3*1-2H/t23-,25?,26?,27?,28?,31-,32+,33+;;;;;;/m1....../s1. The summed E-state index contributed by atoms with van der Waals surface area (Å²) in [5.41, 5.74) is 4.65. The molecule has 1 saturated heterocycles. The molecule has 0 bridgehead atoms. The van der Waals surface area contributed by atoms with Crippen LogP contribution in [0, 0.1) is 89.8 Å². The molecule has 5 fully saturated rings. The van der Waals surface area contributed by atoms with Crippen LogP contribution >= 0.6 is 0 Å². The van der Waals surface area contributed by atoms with E-state index in [9.17, 15) is 14.7 Å². The third kappa shape index (κ3) is 10.6. The van der Waals surface area contributed by atoms with E-state index >= 15 is 0 Å². The first-order chi connectivity index (χ1) is 26.9. The molecular weight excluding hydrogens is 693 g/mol. The summed E-state index contributed by atoms with van der Waals surface area (Å²) in [6.07, 6.45) is 41.5. The maximum atomic E-state index is 11.4. The first-order valence-corrected chi connectivity index (χ1v) is 21.0. The highest BCUT2D eigenvalue weighted by Gasteiger charge is 2.64. The summed E-state index contributed by atoms with van der Waals surface area (Å²) < 4.78 is 5.17. The van der Waals surface area contributed by atoms with Crippen molar-refractivity contribution in [2.75, 3.05) is 39.4 Å². The molecule has 6 aliphatic rings. The molecule has 0 radical (unpaired) electrons. The molecular formula is C50H76N2O4. The van der Waals surface area contributed by atoms with Crippen LogP contribution in [0.4, 0.5) is 0 Å². The summed E-state index contributed by atoms with van der Waals surface area (Å²) in [5.74, 6) is 3.58. The Kier molecular flexibility index (Phi) is 21.1. The number of carboxylic acid groups (broad SMARTS) is 1. The number of nitrogens with one attached hydrogen (secondary N) is 1. The number of aromatic carboxylic acids is 1. The van der Waals surface area contributed by atoms with Gasteiger partial charge in [0.15, 0.2) is 0 Å². The topological polar surface area (TPSA) is 78.9 Å². The van der Waals surface area contributed by atoms with Crippen molar-refractivity contribution >= 4 is 18.0 Å². The van der Waals surface area contributed by atoms with Gasteiger partial charge in [-0.3, -0.25) is 9.69 Å².